The Hall–Kier alpha value is -2.27. The molecule has 3 N–H and O–H groups in total. The Kier molecular flexibility index (Phi) is 3.87. The Bertz CT molecular complexity index is 584. The Morgan fingerprint density at radius 3 is 2.63 bits per heavy atom. The second-order valence-corrected chi connectivity index (χ2v) is 4.30. The first-order chi connectivity index (χ1) is 9.08. The van der Waals surface area contributed by atoms with Gasteiger partial charge in [0, 0.05) is 29.1 Å². The van der Waals surface area contributed by atoms with Gasteiger partial charge in [0.2, 0.25) is 0 Å². The highest BCUT2D eigenvalue weighted by Crippen LogP contribution is 2.20. The van der Waals surface area contributed by atoms with Gasteiger partial charge in [0.25, 0.3) is 0 Å². The summed E-state index contributed by atoms with van der Waals surface area (Å²) in [5.41, 5.74) is 8.12. The van der Waals surface area contributed by atoms with Crippen LogP contribution in [0.4, 0.5) is 0 Å². The maximum Gasteiger partial charge on any atom is 0.305 e. The zero-order valence-electron chi connectivity index (χ0n) is 10.6. The molecule has 1 aromatic carbocycles. The smallest absolute Gasteiger partial charge is 0.305 e. The predicted octanol–water partition coefficient (Wildman–Crippen LogP) is 1.93. The van der Waals surface area contributed by atoms with Gasteiger partial charge in [0.1, 0.15) is 0 Å². The number of aliphatic carboxylic acids is 1. The molecule has 0 aliphatic heterocycles. The molecule has 0 spiro atoms. The van der Waals surface area contributed by atoms with Crippen LogP contribution in [-0.2, 0) is 4.79 Å². The Balaban J connectivity index is 2.30. The van der Waals surface area contributed by atoms with Crippen LogP contribution in [0.1, 0.15) is 23.7 Å². The Morgan fingerprint density at radius 2 is 2.05 bits per heavy atom. The van der Waals surface area contributed by atoms with Crippen molar-refractivity contribution in [3.05, 3.63) is 47.8 Å². The third-order valence-corrected chi connectivity index (χ3v) is 2.84. The van der Waals surface area contributed by atoms with E-state index in [1.54, 1.807) is 6.20 Å². The lowest BCUT2D eigenvalue weighted by Gasteiger charge is -2.12. The minimum atomic E-state index is -0.931. The van der Waals surface area contributed by atoms with Gasteiger partial charge in [-0.2, -0.15) is 0 Å². The largest absolute Gasteiger partial charge is 0.481 e. The van der Waals surface area contributed by atoms with Gasteiger partial charge in [-0.3, -0.25) is 4.79 Å². The molecule has 1 heterocycles. The first kappa shape index (κ1) is 13.2. The van der Waals surface area contributed by atoms with Crippen molar-refractivity contribution >= 4 is 5.97 Å². The van der Waals surface area contributed by atoms with E-state index in [-0.39, 0.29) is 6.42 Å². The minimum absolute atomic E-state index is 0.130. The summed E-state index contributed by atoms with van der Waals surface area (Å²) in [7, 11) is 0. The van der Waals surface area contributed by atoms with Crippen LogP contribution in [-0.4, -0.2) is 21.0 Å². The van der Waals surface area contributed by atoms with E-state index in [9.17, 15) is 4.79 Å². The van der Waals surface area contributed by atoms with E-state index >= 15 is 0 Å². The standard InChI is InChI=1S/C14H15N3O2/c1-9-11(12(15)7-13(18)19)8-16-14(17-9)10-5-3-2-4-6-10/h2-6,8,12H,7,15H2,1H3,(H,18,19). The fourth-order valence-corrected chi connectivity index (χ4v) is 1.86. The normalized spacial score (nSPS) is 12.1. The van der Waals surface area contributed by atoms with E-state index in [2.05, 4.69) is 9.97 Å². The molecular weight excluding hydrogens is 242 g/mol. The van der Waals surface area contributed by atoms with Crippen molar-refractivity contribution in [2.24, 2.45) is 5.73 Å². The summed E-state index contributed by atoms with van der Waals surface area (Å²) in [5.74, 6) is -0.316. The fourth-order valence-electron chi connectivity index (χ4n) is 1.86. The number of aromatic nitrogens is 2. The molecule has 5 nitrogen and oxygen atoms in total. The number of aryl methyl sites for hydroxylation is 1. The second kappa shape index (κ2) is 5.58. The fraction of sp³-hybridized carbons (Fsp3) is 0.214. The summed E-state index contributed by atoms with van der Waals surface area (Å²) in [6, 6.07) is 9.02. The Morgan fingerprint density at radius 1 is 1.37 bits per heavy atom. The van der Waals surface area contributed by atoms with Crippen LogP contribution >= 0.6 is 0 Å². The summed E-state index contributed by atoms with van der Waals surface area (Å²) < 4.78 is 0. The quantitative estimate of drug-likeness (QED) is 0.873. The predicted molar refractivity (Wildman–Crippen MR) is 71.4 cm³/mol. The molecule has 2 aromatic rings. The average molecular weight is 257 g/mol. The van der Waals surface area contributed by atoms with Gasteiger partial charge in [-0.05, 0) is 6.92 Å². The number of hydrogen-bond acceptors (Lipinski definition) is 4. The molecule has 2 rings (SSSR count). The summed E-state index contributed by atoms with van der Waals surface area (Å²) in [6.45, 7) is 1.81. The van der Waals surface area contributed by atoms with Crippen LogP contribution in [0.15, 0.2) is 36.5 Å². The molecule has 0 bridgehead atoms. The van der Waals surface area contributed by atoms with Crippen LogP contribution < -0.4 is 5.73 Å². The number of carboxylic acids is 1. The van der Waals surface area contributed by atoms with Gasteiger partial charge in [-0.25, -0.2) is 9.97 Å². The number of nitrogens with two attached hydrogens (primary N) is 1. The van der Waals surface area contributed by atoms with E-state index in [1.807, 2.05) is 37.3 Å². The van der Waals surface area contributed by atoms with Crippen molar-refractivity contribution < 1.29 is 9.90 Å². The zero-order chi connectivity index (χ0) is 13.8. The van der Waals surface area contributed by atoms with E-state index in [1.165, 1.54) is 0 Å². The maximum atomic E-state index is 10.7. The van der Waals surface area contributed by atoms with Crippen molar-refractivity contribution in [1.82, 2.24) is 9.97 Å². The van der Waals surface area contributed by atoms with Gasteiger partial charge >= 0.3 is 5.97 Å². The van der Waals surface area contributed by atoms with Crippen LogP contribution in [0.3, 0.4) is 0 Å². The molecular formula is C14H15N3O2. The molecule has 0 radical (unpaired) electrons. The third kappa shape index (κ3) is 3.14. The number of carbonyl (C=O) groups is 1. The SMILES string of the molecule is Cc1nc(-c2ccccc2)ncc1C(N)CC(=O)O. The van der Waals surface area contributed by atoms with E-state index in [0.717, 1.165) is 5.56 Å². The van der Waals surface area contributed by atoms with Gasteiger partial charge in [-0.1, -0.05) is 30.3 Å². The molecule has 1 atom stereocenters. The number of hydrogen-bond donors (Lipinski definition) is 2. The van der Waals surface area contributed by atoms with Crippen LogP contribution in [0.2, 0.25) is 0 Å². The number of carboxylic acid groups (broad SMARTS) is 1. The summed E-state index contributed by atoms with van der Waals surface area (Å²) in [6.07, 6.45) is 1.48. The zero-order valence-corrected chi connectivity index (χ0v) is 10.6. The van der Waals surface area contributed by atoms with Crippen molar-refractivity contribution in [2.45, 2.75) is 19.4 Å². The molecule has 0 amide bonds. The second-order valence-electron chi connectivity index (χ2n) is 4.30. The van der Waals surface area contributed by atoms with Crippen molar-refractivity contribution in [1.29, 1.82) is 0 Å². The maximum absolute atomic E-state index is 10.7. The highest BCUT2D eigenvalue weighted by Gasteiger charge is 2.15. The van der Waals surface area contributed by atoms with E-state index in [0.29, 0.717) is 17.1 Å². The summed E-state index contributed by atoms with van der Waals surface area (Å²) in [4.78, 5) is 19.3. The molecule has 1 unspecified atom stereocenters. The lowest BCUT2D eigenvalue weighted by Crippen LogP contribution is -2.17. The Labute approximate surface area is 111 Å². The van der Waals surface area contributed by atoms with Crippen LogP contribution in [0.25, 0.3) is 11.4 Å². The van der Waals surface area contributed by atoms with Gasteiger partial charge in [0.05, 0.1) is 6.42 Å². The molecule has 1 aromatic heterocycles. The highest BCUT2D eigenvalue weighted by molar-refractivity contribution is 5.68. The van der Waals surface area contributed by atoms with E-state index in [4.69, 9.17) is 10.8 Å². The number of benzene rings is 1. The molecule has 0 saturated carbocycles. The van der Waals surface area contributed by atoms with Gasteiger partial charge in [-0.15, -0.1) is 0 Å². The van der Waals surface area contributed by atoms with Crippen LogP contribution in [0, 0.1) is 6.92 Å². The lowest BCUT2D eigenvalue weighted by molar-refractivity contribution is -0.137. The number of rotatable bonds is 4. The van der Waals surface area contributed by atoms with Gasteiger partial charge < -0.3 is 10.8 Å². The lowest BCUT2D eigenvalue weighted by atomic mass is 10.1. The van der Waals surface area contributed by atoms with Crippen molar-refractivity contribution in [3.8, 4) is 11.4 Å². The molecule has 0 saturated heterocycles. The summed E-state index contributed by atoms with van der Waals surface area (Å²) in [5, 5.41) is 8.75. The first-order valence-electron chi connectivity index (χ1n) is 5.94. The first-order valence-corrected chi connectivity index (χ1v) is 5.94. The molecule has 0 fully saturated rings. The van der Waals surface area contributed by atoms with Crippen molar-refractivity contribution in [2.75, 3.05) is 0 Å². The molecule has 0 aliphatic carbocycles. The number of nitrogens with zero attached hydrogens (tertiary/aromatic N) is 2. The third-order valence-electron chi connectivity index (χ3n) is 2.84. The molecule has 19 heavy (non-hydrogen) atoms. The molecule has 5 heteroatoms. The van der Waals surface area contributed by atoms with Crippen molar-refractivity contribution in [3.63, 3.8) is 0 Å². The topological polar surface area (TPSA) is 89.1 Å². The monoisotopic (exact) mass is 257 g/mol. The van der Waals surface area contributed by atoms with Crippen LogP contribution in [0.5, 0.6) is 0 Å². The van der Waals surface area contributed by atoms with Gasteiger partial charge in [0.15, 0.2) is 5.82 Å². The summed E-state index contributed by atoms with van der Waals surface area (Å²) >= 11 is 0. The average Bonchev–Trinajstić information content (AvgIpc) is 2.38. The minimum Gasteiger partial charge on any atom is -0.481 e. The molecule has 0 aliphatic rings. The highest BCUT2D eigenvalue weighted by atomic mass is 16.4. The van der Waals surface area contributed by atoms with E-state index < -0.39 is 12.0 Å². The molecule has 98 valence electrons.